The maximum atomic E-state index is 12.5. The molecule has 1 atom stereocenters. The first-order chi connectivity index (χ1) is 18.4. The molecule has 0 bridgehead atoms. The minimum Gasteiger partial charge on any atom is -0.493 e. The largest absolute Gasteiger partial charge is 0.493 e. The van der Waals surface area contributed by atoms with Crippen LogP contribution in [0.2, 0.25) is 0 Å². The van der Waals surface area contributed by atoms with Gasteiger partial charge in [-0.3, -0.25) is 14.4 Å². The highest BCUT2D eigenvalue weighted by Gasteiger charge is 2.18. The number of nitrogens with one attached hydrogen (secondary N) is 4. The molecule has 216 valence electrons. The molecule has 0 saturated carbocycles. The van der Waals surface area contributed by atoms with Gasteiger partial charge in [-0.1, -0.05) is 6.42 Å². The van der Waals surface area contributed by atoms with Crippen molar-refractivity contribution in [1.29, 1.82) is 0 Å². The lowest BCUT2D eigenvalue weighted by atomic mass is 10.1. The minimum atomic E-state index is -0.675. The quantitative estimate of drug-likeness (QED) is 0.147. The van der Waals surface area contributed by atoms with E-state index in [4.69, 9.17) is 19.9 Å². The van der Waals surface area contributed by atoms with E-state index in [1.165, 1.54) is 21.3 Å². The number of unbranched alkanes of at least 4 members (excludes halogenated alkanes) is 3. The van der Waals surface area contributed by atoms with Crippen molar-refractivity contribution in [3.63, 3.8) is 0 Å². The fourth-order valence-corrected chi connectivity index (χ4v) is 3.78. The lowest BCUT2D eigenvalue weighted by Gasteiger charge is -2.16. The van der Waals surface area contributed by atoms with Crippen molar-refractivity contribution in [1.82, 2.24) is 21.3 Å². The summed E-state index contributed by atoms with van der Waals surface area (Å²) in [6.45, 7) is 5.37. The molecule has 3 amide bonds. The zero-order valence-corrected chi connectivity index (χ0v) is 23.5. The van der Waals surface area contributed by atoms with E-state index in [0.717, 1.165) is 58.2 Å². The molecule has 11 heteroatoms. The number of amides is 3. The van der Waals surface area contributed by atoms with Crippen LogP contribution in [0.25, 0.3) is 0 Å². The molecule has 0 saturated heterocycles. The lowest BCUT2D eigenvalue weighted by molar-refractivity contribution is -0.128. The Labute approximate surface area is 226 Å². The molecule has 6 N–H and O–H groups in total. The summed E-state index contributed by atoms with van der Waals surface area (Å²) >= 11 is 0. The highest BCUT2D eigenvalue weighted by molar-refractivity contribution is 5.88. The molecule has 1 aromatic carbocycles. The Morgan fingerprint density at radius 2 is 1.42 bits per heavy atom. The van der Waals surface area contributed by atoms with Gasteiger partial charge in [-0.2, -0.15) is 0 Å². The number of carbonyl (C=O) groups is 3. The summed E-state index contributed by atoms with van der Waals surface area (Å²) in [6.07, 6.45) is 5.90. The van der Waals surface area contributed by atoms with Gasteiger partial charge in [-0.05, 0) is 76.4 Å². The Hall–Kier alpha value is -3.05. The van der Waals surface area contributed by atoms with Crippen LogP contribution in [0, 0.1) is 0 Å². The molecule has 11 nitrogen and oxygen atoms in total. The summed E-state index contributed by atoms with van der Waals surface area (Å²) in [4.78, 5) is 36.7. The number of hydrogen-bond acceptors (Lipinski definition) is 8. The molecule has 0 aliphatic heterocycles. The van der Waals surface area contributed by atoms with Crippen LogP contribution in [0.3, 0.4) is 0 Å². The molecule has 38 heavy (non-hydrogen) atoms. The maximum Gasteiger partial charge on any atom is 0.242 e. The number of nitrogens with two attached hydrogens (primary N) is 1. The van der Waals surface area contributed by atoms with Crippen molar-refractivity contribution >= 4 is 17.7 Å². The minimum absolute atomic E-state index is 0.0561. The molecule has 0 radical (unpaired) electrons. The van der Waals surface area contributed by atoms with Gasteiger partial charge >= 0.3 is 0 Å². The molecule has 0 aliphatic rings. The van der Waals surface area contributed by atoms with Crippen LogP contribution in [0.4, 0.5) is 0 Å². The second kappa shape index (κ2) is 20.0. The Morgan fingerprint density at radius 3 is 2.05 bits per heavy atom. The van der Waals surface area contributed by atoms with Gasteiger partial charge in [0.1, 0.15) is 6.04 Å². The molecule has 0 fully saturated rings. The van der Waals surface area contributed by atoms with E-state index in [1.54, 1.807) is 19.1 Å². The van der Waals surface area contributed by atoms with Gasteiger partial charge < -0.3 is 41.2 Å². The third-order valence-electron chi connectivity index (χ3n) is 5.90. The number of ether oxygens (including phenoxy) is 3. The average Bonchev–Trinajstić information content (AvgIpc) is 2.91. The van der Waals surface area contributed by atoms with Crippen molar-refractivity contribution in [3.05, 3.63) is 17.7 Å². The van der Waals surface area contributed by atoms with Crippen LogP contribution >= 0.6 is 0 Å². The van der Waals surface area contributed by atoms with Crippen molar-refractivity contribution in [3.8, 4) is 17.2 Å². The first-order valence-corrected chi connectivity index (χ1v) is 13.4. The number of carbonyl (C=O) groups excluding carboxylic acids is 3. The standard InChI is InChI=1S/C27H47N5O6/c1-20(32-25(34)19-21-17-22(36-2)26(38-4)23(18-21)37-3)27(35)31-15-8-5-6-11-24(33)30-16-10-14-29-13-9-7-12-28/h17-18,20,29H,5-16,19,28H2,1-4H3,(H,30,33)(H,31,35)(H,32,34). The smallest absolute Gasteiger partial charge is 0.242 e. The number of methoxy groups -OCH3 is 3. The Kier molecular flexibility index (Phi) is 17.3. The molecular formula is C27H47N5O6. The fourth-order valence-electron chi connectivity index (χ4n) is 3.78. The van der Waals surface area contributed by atoms with E-state index < -0.39 is 6.04 Å². The van der Waals surface area contributed by atoms with Gasteiger partial charge in [0.05, 0.1) is 27.8 Å². The van der Waals surface area contributed by atoms with Crippen LogP contribution in [0.1, 0.15) is 57.4 Å². The molecule has 0 spiro atoms. The third-order valence-corrected chi connectivity index (χ3v) is 5.90. The molecule has 1 unspecified atom stereocenters. The van der Waals surface area contributed by atoms with Crippen LogP contribution in [-0.2, 0) is 20.8 Å². The summed E-state index contributed by atoms with van der Waals surface area (Å²) in [5, 5.41) is 11.8. The maximum absolute atomic E-state index is 12.5. The Bertz CT molecular complexity index is 826. The van der Waals surface area contributed by atoms with E-state index in [1.807, 2.05) is 0 Å². The van der Waals surface area contributed by atoms with Crippen LogP contribution in [0.5, 0.6) is 17.2 Å². The van der Waals surface area contributed by atoms with E-state index >= 15 is 0 Å². The molecule has 1 aromatic rings. The van der Waals surface area contributed by atoms with E-state index in [9.17, 15) is 14.4 Å². The van der Waals surface area contributed by atoms with Crippen molar-refractivity contribution in [2.75, 3.05) is 54.1 Å². The predicted molar refractivity (Wildman–Crippen MR) is 148 cm³/mol. The van der Waals surface area contributed by atoms with E-state index in [2.05, 4.69) is 21.3 Å². The van der Waals surface area contributed by atoms with Crippen molar-refractivity contribution in [2.24, 2.45) is 5.73 Å². The monoisotopic (exact) mass is 537 g/mol. The second-order valence-electron chi connectivity index (χ2n) is 9.05. The summed E-state index contributed by atoms with van der Waals surface area (Å²) in [5.74, 6) is 0.874. The van der Waals surface area contributed by atoms with Crippen molar-refractivity contribution in [2.45, 2.75) is 64.3 Å². The van der Waals surface area contributed by atoms with Crippen molar-refractivity contribution < 1.29 is 28.6 Å². The molecule has 0 aromatic heterocycles. The first kappa shape index (κ1) is 33.0. The number of rotatable bonds is 21. The fraction of sp³-hybridized carbons (Fsp3) is 0.667. The second-order valence-corrected chi connectivity index (χ2v) is 9.05. The molecule has 1 rings (SSSR count). The molecule has 0 heterocycles. The van der Waals surface area contributed by atoms with E-state index in [0.29, 0.717) is 42.3 Å². The normalized spacial score (nSPS) is 11.4. The Morgan fingerprint density at radius 1 is 0.789 bits per heavy atom. The van der Waals surface area contributed by atoms with E-state index in [-0.39, 0.29) is 24.1 Å². The lowest BCUT2D eigenvalue weighted by Crippen LogP contribution is -2.45. The van der Waals surface area contributed by atoms with Gasteiger partial charge in [0.2, 0.25) is 23.5 Å². The SMILES string of the molecule is COc1cc(CC(=O)NC(C)C(=O)NCCCCCC(=O)NCCCNCCCCN)cc(OC)c1OC. The summed E-state index contributed by atoms with van der Waals surface area (Å²) < 4.78 is 15.9. The zero-order chi connectivity index (χ0) is 28.2. The van der Waals surface area contributed by atoms with Gasteiger partial charge in [0.25, 0.3) is 0 Å². The average molecular weight is 538 g/mol. The number of hydrogen-bond donors (Lipinski definition) is 5. The zero-order valence-electron chi connectivity index (χ0n) is 23.5. The van der Waals surface area contributed by atoms with Crippen LogP contribution < -0.4 is 41.2 Å². The first-order valence-electron chi connectivity index (χ1n) is 13.4. The highest BCUT2D eigenvalue weighted by atomic mass is 16.5. The van der Waals surface area contributed by atoms with Gasteiger partial charge in [-0.15, -0.1) is 0 Å². The van der Waals surface area contributed by atoms with Gasteiger partial charge in [0, 0.05) is 19.5 Å². The van der Waals surface area contributed by atoms with Gasteiger partial charge in [-0.25, -0.2) is 0 Å². The predicted octanol–water partition coefficient (Wildman–Crippen LogP) is 1.27. The van der Waals surface area contributed by atoms with Crippen LogP contribution in [0.15, 0.2) is 12.1 Å². The number of benzene rings is 1. The summed E-state index contributed by atoms with van der Waals surface area (Å²) in [5.41, 5.74) is 6.13. The van der Waals surface area contributed by atoms with Crippen LogP contribution in [-0.4, -0.2) is 77.8 Å². The summed E-state index contributed by atoms with van der Waals surface area (Å²) in [6, 6.07) is 2.73. The Balaban J connectivity index is 2.19. The highest BCUT2D eigenvalue weighted by Crippen LogP contribution is 2.38. The third kappa shape index (κ3) is 13.5. The molecular weight excluding hydrogens is 490 g/mol. The van der Waals surface area contributed by atoms with Gasteiger partial charge in [0.15, 0.2) is 11.5 Å². The summed E-state index contributed by atoms with van der Waals surface area (Å²) in [7, 11) is 4.53. The topological polar surface area (TPSA) is 153 Å². The molecule has 0 aliphatic carbocycles.